The SMILES string of the molecule is CCCCCC[N+](CC)(CC)CC.O=C(O)O. The molecule has 0 bridgehead atoms. The summed E-state index contributed by atoms with van der Waals surface area (Å²) in [6.45, 7) is 14.6. The number of carboxylic acid groups (broad SMARTS) is 2. The second-order valence-corrected chi connectivity index (χ2v) is 4.36. The van der Waals surface area contributed by atoms with Crippen molar-refractivity contribution in [3.05, 3.63) is 0 Å². The summed E-state index contributed by atoms with van der Waals surface area (Å²) in [6, 6.07) is 0. The van der Waals surface area contributed by atoms with Crippen LogP contribution in [0.1, 0.15) is 53.4 Å². The Balaban J connectivity index is 0. The van der Waals surface area contributed by atoms with E-state index < -0.39 is 6.16 Å². The number of nitrogens with zero attached hydrogens (tertiary/aromatic N) is 1. The smallest absolute Gasteiger partial charge is 0.450 e. The van der Waals surface area contributed by atoms with Gasteiger partial charge in [-0.05, 0) is 33.6 Å². The predicted molar refractivity (Wildman–Crippen MR) is 71.5 cm³/mol. The largest absolute Gasteiger partial charge is 0.503 e. The molecule has 0 radical (unpaired) electrons. The Morgan fingerprint density at radius 2 is 1.29 bits per heavy atom. The molecule has 0 aliphatic heterocycles. The normalized spacial score (nSPS) is 10.6. The Morgan fingerprint density at radius 3 is 1.59 bits per heavy atom. The Morgan fingerprint density at radius 1 is 0.882 bits per heavy atom. The fraction of sp³-hybridized carbons (Fsp3) is 0.923. The van der Waals surface area contributed by atoms with Crippen molar-refractivity contribution in [1.29, 1.82) is 0 Å². The lowest BCUT2D eigenvalue weighted by molar-refractivity contribution is -0.923. The van der Waals surface area contributed by atoms with Crippen molar-refractivity contribution < 1.29 is 19.5 Å². The van der Waals surface area contributed by atoms with Crippen molar-refractivity contribution in [3.8, 4) is 0 Å². The number of hydrogen-bond acceptors (Lipinski definition) is 1. The third-order valence-corrected chi connectivity index (χ3v) is 3.50. The van der Waals surface area contributed by atoms with Crippen molar-refractivity contribution in [1.82, 2.24) is 0 Å². The van der Waals surface area contributed by atoms with Crippen molar-refractivity contribution >= 4 is 6.16 Å². The van der Waals surface area contributed by atoms with Gasteiger partial charge in [0.2, 0.25) is 0 Å². The summed E-state index contributed by atoms with van der Waals surface area (Å²) in [7, 11) is 0. The fourth-order valence-corrected chi connectivity index (χ4v) is 2.02. The van der Waals surface area contributed by atoms with Crippen LogP contribution in [0.15, 0.2) is 0 Å². The molecule has 0 aromatic rings. The van der Waals surface area contributed by atoms with E-state index in [-0.39, 0.29) is 0 Å². The minimum Gasteiger partial charge on any atom is -0.450 e. The molecule has 0 heterocycles. The van der Waals surface area contributed by atoms with Crippen LogP contribution in [-0.4, -0.2) is 47.0 Å². The van der Waals surface area contributed by atoms with Crippen LogP contribution < -0.4 is 0 Å². The number of carbonyl (C=O) groups is 1. The molecule has 0 atom stereocenters. The van der Waals surface area contributed by atoms with E-state index in [9.17, 15) is 0 Å². The van der Waals surface area contributed by atoms with Crippen LogP contribution in [0.5, 0.6) is 0 Å². The highest BCUT2D eigenvalue weighted by atomic mass is 16.6. The first-order valence-corrected chi connectivity index (χ1v) is 6.74. The first-order chi connectivity index (χ1) is 7.97. The van der Waals surface area contributed by atoms with E-state index in [0.29, 0.717) is 0 Å². The summed E-state index contributed by atoms with van der Waals surface area (Å²) in [6.07, 6.45) is 3.78. The quantitative estimate of drug-likeness (QED) is 0.509. The Kier molecular flexibility index (Phi) is 12.8. The molecule has 0 aromatic carbocycles. The van der Waals surface area contributed by atoms with Crippen molar-refractivity contribution in [3.63, 3.8) is 0 Å². The van der Waals surface area contributed by atoms with Gasteiger partial charge in [-0.1, -0.05) is 19.8 Å². The molecule has 0 aliphatic rings. The topological polar surface area (TPSA) is 57.5 Å². The molecule has 0 spiro atoms. The number of unbranched alkanes of at least 4 members (excludes halogenated alkanes) is 3. The molecule has 0 amide bonds. The van der Waals surface area contributed by atoms with Gasteiger partial charge < -0.3 is 14.7 Å². The monoisotopic (exact) mass is 248 g/mol. The summed E-state index contributed by atoms with van der Waals surface area (Å²) < 4.78 is 1.32. The summed E-state index contributed by atoms with van der Waals surface area (Å²) in [5.74, 6) is 0. The highest BCUT2D eigenvalue weighted by molar-refractivity contribution is 5.53. The average molecular weight is 248 g/mol. The van der Waals surface area contributed by atoms with E-state index in [4.69, 9.17) is 15.0 Å². The molecular weight excluding hydrogens is 218 g/mol. The first kappa shape index (κ1) is 18.6. The summed E-state index contributed by atoms with van der Waals surface area (Å²) in [5.41, 5.74) is 0. The highest BCUT2D eigenvalue weighted by Crippen LogP contribution is 2.10. The fourth-order valence-electron chi connectivity index (χ4n) is 2.02. The highest BCUT2D eigenvalue weighted by Gasteiger charge is 2.19. The summed E-state index contributed by atoms with van der Waals surface area (Å²) in [4.78, 5) is 8.56. The molecule has 2 N–H and O–H groups in total. The standard InChI is InChI=1S/C12H28N.CH2O3/c1-5-9-10-11-12-13(6-2,7-3)8-4;2-1(3)4/h5-12H2,1-4H3;(H2,2,3,4)/q+1;. The van der Waals surface area contributed by atoms with E-state index in [0.717, 1.165) is 0 Å². The second-order valence-electron chi connectivity index (χ2n) is 4.36. The van der Waals surface area contributed by atoms with Gasteiger partial charge in [-0.3, -0.25) is 0 Å². The van der Waals surface area contributed by atoms with Crippen LogP contribution in [0.3, 0.4) is 0 Å². The van der Waals surface area contributed by atoms with Gasteiger partial charge in [-0.2, -0.15) is 0 Å². The van der Waals surface area contributed by atoms with Gasteiger partial charge in [0.15, 0.2) is 0 Å². The Bertz CT molecular complexity index is 167. The Labute approximate surface area is 106 Å². The van der Waals surface area contributed by atoms with E-state index >= 15 is 0 Å². The van der Waals surface area contributed by atoms with Gasteiger partial charge in [-0.25, -0.2) is 4.79 Å². The maximum Gasteiger partial charge on any atom is 0.503 e. The zero-order valence-electron chi connectivity index (χ0n) is 11.9. The van der Waals surface area contributed by atoms with Gasteiger partial charge >= 0.3 is 6.16 Å². The van der Waals surface area contributed by atoms with E-state index in [2.05, 4.69) is 27.7 Å². The van der Waals surface area contributed by atoms with Gasteiger partial charge in [0.25, 0.3) is 0 Å². The molecule has 4 nitrogen and oxygen atoms in total. The van der Waals surface area contributed by atoms with Gasteiger partial charge in [0, 0.05) is 0 Å². The molecule has 0 saturated heterocycles. The third kappa shape index (κ3) is 11.5. The van der Waals surface area contributed by atoms with Crippen LogP contribution in [0.2, 0.25) is 0 Å². The van der Waals surface area contributed by atoms with Crippen molar-refractivity contribution in [2.75, 3.05) is 26.2 Å². The maximum atomic E-state index is 8.56. The molecule has 0 saturated carbocycles. The zero-order chi connectivity index (χ0) is 13.7. The molecule has 17 heavy (non-hydrogen) atoms. The van der Waals surface area contributed by atoms with Crippen molar-refractivity contribution in [2.24, 2.45) is 0 Å². The Hall–Kier alpha value is -0.770. The van der Waals surface area contributed by atoms with Crippen molar-refractivity contribution in [2.45, 2.75) is 53.4 Å². The van der Waals surface area contributed by atoms with Gasteiger partial charge in [-0.15, -0.1) is 0 Å². The molecule has 0 rings (SSSR count). The minimum absolute atomic E-state index is 1.30. The molecule has 104 valence electrons. The third-order valence-electron chi connectivity index (χ3n) is 3.50. The van der Waals surface area contributed by atoms with Crippen LogP contribution in [0, 0.1) is 0 Å². The van der Waals surface area contributed by atoms with Crippen LogP contribution >= 0.6 is 0 Å². The van der Waals surface area contributed by atoms with Gasteiger partial charge in [0.05, 0.1) is 26.2 Å². The second kappa shape index (κ2) is 11.7. The molecule has 4 heteroatoms. The van der Waals surface area contributed by atoms with E-state index in [1.807, 2.05) is 0 Å². The van der Waals surface area contributed by atoms with Crippen LogP contribution in [0.4, 0.5) is 4.79 Å². The molecule has 0 unspecified atom stereocenters. The summed E-state index contributed by atoms with van der Waals surface area (Å²) in [5, 5.41) is 13.9. The van der Waals surface area contributed by atoms with Crippen LogP contribution in [0.25, 0.3) is 0 Å². The average Bonchev–Trinajstić information content (AvgIpc) is 2.30. The lowest BCUT2D eigenvalue weighted by atomic mass is 10.2. The first-order valence-electron chi connectivity index (χ1n) is 6.74. The number of rotatable bonds is 8. The van der Waals surface area contributed by atoms with E-state index in [1.165, 1.54) is 56.3 Å². The van der Waals surface area contributed by atoms with E-state index in [1.54, 1.807) is 0 Å². The lowest BCUT2D eigenvalue weighted by Gasteiger charge is -2.35. The lowest BCUT2D eigenvalue weighted by Crippen LogP contribution is -2.48. The van der Waals surface area contributed by atoms with Gasteiger partial charge in [0.1, 0.15) is 0 Å². The molecule has 0 aromatic heterocycles. The summed E-state index contributed by atoms with van der Waals surface area (Å²) >= 11 is 0. The number of hydrogen-bond donors (Lipinski definition) is 2. The zero-order valence-corrected chi connectivity index (χ0v) is 11.9. The number of quaternary nitrogens is 1. The molecular formula is C13H30NO3+. The maximum absolute atomic E-state index is 8.56. The predicted octanol–water partition coefficient (Wildman–Crippen LogP) is 3.67. The molecule has 0 fully saturated rings. The molecule has 0 aliphatic carbocycles. The minimum atomic E-state index is -1.83. The van der Waals surface area contributed by atoms with Crippen LogP contribution in [-0.2, 0) is 0 Å².